The minimum Gasteiger partial charge on any atom is -0.313 e. The summed E-state index contributed by atoms with van der Waals surface area (Å²) in [4.78, 5) is 2.25. The maximum atomic E-state index is 3.56. The van der Waals surface area contributed by atoms with Crippen molar-refractivity contribution in [2.24, 2.45) is 0 Å². The van der Waals surface area contributed by atoms with Gasteiger partial charge in [-0.25, -0.2) is 0 Å². The molecule has 1 rings (SSSR count). The van der Waals surface area contributed by atoms with Crippen LogP contribution in [-0.4, -0.2) is 38.1 Å². The third kappa shape index (κ3) is 5.19. The summed E-state index contributed by atoms with van der Waals surface area (Å²) in [6.45, 7) is 8.76. The molecule has 0 aliphatic rings. The Kier molecular flexibility index (Phi) is 6.37. The fourth-order valence-corrected chi connectivity index (χ4v) is 2.25. The Hall–Kier alpha value is -0.860. The second-order valence-corrected chi connectivity index (χ2v) is 5.62. The van der Waals surface area contributed by atoms with Gasteiger partial charge >= 0.3 is 0 Å². The van der Waals surface area contributed by atoms with Gasteiger partial charge < -0.3 is 10.2 Å². The van der Waals surface area contributed by atoms with Crippen molar-refractivity contribution < 1.29 is 0 Å². The van der Waals surface area contributed by atoms with E-state index in [1.807, 2.05) is 0 Å². The van der Waals surface area contributed by atoms with Crippen LogP contribution in [0.15, 0.2) is 24.3 Å². The van der Waals surface area contributed by atoms with Crippen LogP contribution in [0.25, 0.3) is 0 Å². The lowest BCUT2D eigenvalue weighted by Crippen LogP contribution is -2.39. The van der Waals surface area contributed by atoms with Crippen molar-refractivity contribution >= 4 is 0 Å². The van der Waals surface area contributed by atoms with E-state index in [0.717, 1.165) is 19.5 Å². The molecule has 0 spiro atoms. The third-order valence-electron chi connectivity index (χ3n) is 3.21. The molecule has 0 aliphatic heterocycles. The molecule has 18 heavy (non-hydrogen) atoms. The van der Waals surface area contributed by atoms with Crippen molar-refractivity contribution in [3.8, 4) is 0 Å². The normalized spacial score (nSPS) is 13.3. The van der Waals surface area contributed by atoms with E-state index in [-0.39, 0.29) is 0 Å². The maximum Gasteiger partial charge on any atom is 0.0235 e. The second kappa shape index (κ2) is 7.55. The smallest absolute Gasteiger partial charge is 0.0235 e. The molecule has 0 heterocycles. The average Bonchev–Trinajstić information content (AvgIpc) is 2.29. The van der Waals surface area contributed by atoms with E-state index < -0.39 is 0 Å². The summed E-state index contributed by atoms with van der Waals surface area (Å²) in [5.74, 6) is 0.616. The first kappa shape index (κ1) is 15.2. The zero-order valence-electron chi connectivity index (χ0n) is 12.5. The highest BCUT2D eigenvalue weighted by molar-refractivity contribution is 5.25. The molecular weight excluding hydrogens is 220 g/mol. The molecule has 0 saturated heterocycles. The van der Waals surface area contributed by atoms with Gasteiger partial charge in [0.15, 0.2) is 0 Å². The van der Waals surface area contributed by atoms with Crippen molar-refractivity contribution in [2.45, 2.75) is 39.2 Å². The first-order valence-corrected chi connectivity index (χ1v) is 6.99. The number of nitrogens with zero attached hydrogens (tertiary/aromatic N) is 1. The first-order valence-electron chi connectivity index (χ1n) is 6.99. The molecule has 2 nitrogen and oxygen atoms in total. The van der Waals surface area contributed by atoms with Crippen molar-refractivity contribution in [3.05, 3.63) is 35.4 Å². The summed E-state index contributed by atoms with van der Waals surface area (Å²) in [6.07, 6.45) is 1.10. The average molecular weight is 248 g/mol. The van der Waals surface area contributed by atoms with E-state index in [0.29, 0.717) is 12.0 Å². The minimum absolute atomic E-state index is 0.537. The highest BCUT2D eigenvalue weighted by Crippen LogP contribution is 2.15. The minimum atomic E-state index is 0.537. The van der Waals surface area contributed by atoms with Crippen LogP contribution in [0.1, 0.15) is 37.8 Å². The van der Waals surface area contributed by atoms with Crippen LogP contribution in [0, 0.1) is 0 Å². The molecular formula is C16H28N2. The topological polar surface area (TPSA) is 15.3 Å². The zero-order valence-corrected chi connectivity index (χ0v) is 12.5. The predicted molar refractivity (Wildman–Crippen MR) is 80.3 cm³/mol. The molecule has 1 atom stereocenters. The van der Waals surface area contributed by atoms with E-state index in [4.69, 9.17) is 0 Å². The number of rotatable bonds is 7. The number of hydrogen-bond donors (Lipinski definition) is 1. The summed E-state index contributed by atoms with van der Waals surface area (Å²) in [6, 6.07) is 9.61. The monoisotopic (exact) mass is 248 g/mol. The Labute approximate surface area is 112 Å². The Morgan fingerprint density at radius 2 is 1.72 bits per heavy atom. The van der Waals surface area contributed by atoms with Crippen molar-refractivity contribution in [1.29, 1.82) is 0 Å². The van der Waals surface area contributed by atoms with Gasteiger partial charge in [0.2, 0.25) is 0 Å². The van der Waals surface area contributed by atoms with Gasteiger partial charge in [-0.3, -0.25) is 0 Å². The molecule has 0 saturated carbocycles. The highest BCUT2D eigenvalue weighted by atomic mass is 15.1. The molecule has 102 valence electrons. The lowest BCUT2D eigenvalue weighted by molar-refractivity contribution is 0.339. The van der Waals surface area contributed by atoms with Crippen molar-refractivity contribution in [1.82, 2.24) is 10.2 Å². The lowest BCUT2D eigenvalue weighted by Gasteiger charge is -2.22. The number of benzene rings is 1. The quantitative estimate of drug-likeness (QED) is 0.798. The summed E-state index contributed by atoms with van der Waals surface area (Å²) < 4.78 is 0. The summed E-state index contributed by atoms with van der Waals surface area (Å²) in [7, 11) is 4.26. The molecule has 0 aromatic heterocycles. The molecule has 1 aromatic carbocycles. The van der Waals surface area contributed by atoms with Gasteiger partial charge in [0.1, 0.15) is 0 Å². The van der Waals surface area contributed by atoms with Crippen LogP contribution in [0.5, 0.6) is 0 Å². The second-order valence-electron chi connectivity index (χ2n) is 5.62. The predicted octanol–water partition coefficient (Wildman–Crippen LogP) is 2.89. The molecule has 0 fully saturated rings. The molecule has 1 aromatic rings. The third-order valence-corrected chi connectivity index (χ3v) is 3.21. The van der Waals surface area contributed by atoms with Crippen molar-refractivity contribution in [2.75, 3.05) is 27.2 Å². The van der Waals surface area contributed by atoms with Crippen LogP contribution < -0.4 is 5.32 Å². The van der Waals surface area contributed by atoms with Gasteiger partial charge in [0.05, 0.1) is 0 Å². The summed E-state index contributed by atoms with van der Waals surface area (Å²) >= 11 is 0. The molecule has 1 unspecified atom stereocenters. The molecule has 0 amide bonds. The molecule has 0 bridgehead atoms. The van der Waals surface area contributed by atoms with Gasteiger partial charge in [0, 0.05) is 12.6 Å². The van der Waals surface area contributed by atoms with Gasteiger partial charge in [-0.15, -0.1) is 0 Å². The standard InChI is InChI=1S/C16H28N2/c1-6-17-16(12-18(4)5)11-14-7-9-15(10-8-14)13(2)3/h7-10,13,16-17H,6,11-12H2,1-5H3. The van der Waals surface area contributed by atoms with Crippen molar-refractivity contribution in [3.63, 3.8) is 0 Å². The Bertz CT molecular complexity index is 327. The van der Waals surface area contributed by atoms with Gasteiger partial charge in [-0.05, 0) is 44.1 Å². The molecule has 2 heteroatoms. The largest absolute Gasteiger partial charge is 0.313 e. The fourth-order valence-electron chi connectivity index (χ4n) is 2.25. The highest BCUT2D eigenvalue weighted by Gasteiger charge is 2.09. The van der Waals surface area contributed by atoms with Gasteiger partial charge in [-0.1, -0.05) is 45.0 Å². The summed E-state index contributed by atoms with van der Waals surface area (Å²) in [5.41, 5.74) is 2.85. The number of nitrogens with one attached hydrogen (secondary N) is 1. The number of hydrogen-bond acceptors (Lipinski definition) is 2. The zero-order chi connectivity index (χ0) is 13.5. The Balaban J connectivity index is 2.62. The van der Waals surface area contributed by atoms with Crippen LogP contribution in [0.4, 0.5) is 0 Å². The van der Waals surface area contributed by atoms with Crippen LogP contribution >= 0.6 is 0 Å². The van der Waals surface area contributed by atoms with E-state index in [2.05, 4.69) is 69.3 Å². The fraction of sp³-hybridized carbons (Fsp3) is 0.625. The van der Waals surface area contributed by atoms with Crippen LogP contribution in [0.2, 0.25) is 0 Å². The van der Waals surface area contributed by atoms with Crippen LogP contribution in [-0.2, 0) is 6.42 Å². The van der Waals surface area contributed by atoms with E-state index in [1.165, 1.54) is 11.1 Å². The SMILES string of the molecule is CCNC(Cc1ccc(C(C)C)cc1)CN(C)C. The van der Waals surface area contributed by atoms with E-state index >= 15 is 0 Å². The molecule has 0 radical (unpaired) electrons. The maximum absolute atomic E-state index is 3.56. The number of likely N-dealkylation sites (N-methyl/N-ethyl adjacent to an activating group) is 2. The van der Waals surface area contributed by atoms with E-state index in [1.54, 1.807) is 0 Å². The van der Waals surface area contributed by atoms with E-state index in [9.17, 15) is 0 Å². The Morgan fingerprint density at radius 1 is 1.11 bits per heavy atom. The van der Waals surface area contributed by atoms with Gasteiger partial charge in [-0.2, -0.15) is 0 Å². The molecule has 1 N–H and O–H groups in total. The van der Waals surface area contributed by atoms with Gasteiger partial charge in [0.25, 0.3) is 0 Å². The summed E-state index contributed by atoms with van der Waals surface area (Å²) in [5, 5.41) is 3.56. The Morgan fingerprint density at radius 3 is 2.17 bits per heavy atom. The lowest BCUT2D eigenvalue weighted by atomic mass is 9.99. The molecule has 0 aliphatic carbocycles. The first-order chi connectivity index (χ1) is 8.52. The van der Waals surface area contributed by atoms with Crippen LogP contribution in [0.3, 0.4) is 0 Å².